The second kappa shape index (κ2) is 8.25. The number of carboxylic acids is 1. The minimum absolute atomic E-state index is 0.0539. The van der Waals surface area contributed by atoms with E-state index in [4.69, 9.17) is 9.84 Å². The minimum Gasteiger partial charge on any atom is -0.480 e. The summed E-state index contributed by atoms with van der Waals surface area (Å²) in [6.07, 6.45) is 1.50. The normalized spacial score (nSPS) is 11.5. The van der Waals surface area contributed by atoms with Crippen molar-refractivity contribution in [1.82, 2.24) is 10.3 Å². The molecule has 1 amide bonds. The summed E-state index contributed by atoms with van der Waals surface area (Å²) in [5, 5.41) is 11.7. The third kappa shape index (κ3) is 5.42. The van der Waals surface area contributed by atoms with Gasteiger partial charge in [-0.25, -0.2) is 14.6 Å². The van der Waals surface area contributed by atoms with Gasteiger partial charge in [-0.3, -0.25) is 4.79 Å². The second-order valence-corrected chi connectivity index (χ2v) is 4.99. The molecule has 2 N–H and O–H groups in total. The molecule has 0 spiro atoms. The first kappa shape index (κ1) is 17.0. The Bertz CT molecular complexity index is 535. The molecule has 0 bridgehead atoms. The van der Waals surface area contributed by atoms with Gasteiger partial charge in [-0.05, 0) is 19.1 Å². The number of amides is 1. The van der Waals surface area contributed by atoms with Gasteiger partial charge < -0.3 is 15.2 Å². The monoisotopic (exact) mass is 312 g/mol. The van der Waals surface area contributed by atoms with Gasteiger partial charge in [-0.15, -0.1) is 11.8 Å². The Labute approximate surface area is 126 Å². The van der Waals surface area contributed by atoms with E-state index in [-0.39, 0.29) is 17.9 Å². The molecule has 0 fully saturated rings. The number of hydrogen-bond acceptors (Lipinski definition) is 6. The van der Waals surface area contributed by atoms with Crippen LogP contribution in [0.25, 0.3) is 0 Å². The van der Waals surface area contributed by atoms with Crippen molar-refractivity contribution in [3.05, 3.63) is 23.9 Å². The van der Waals surface area contributed by atoms with Gasteiger partial charge in [0.15, 0.2) is 0 Å². The zero-order valence-electron chi connectivity index (χ0n) is 11.7. The number of carbonyl (C=O) groups is 3. The van der Waals surface area contributed by atoms with Crippen molar-refractivity contribution in [2.75, 3.05) is 12.4 Å². The van der Waals surface area contributed by atoms with Crippen LogP contribution in [0.5, 0.6) is 0 Å². The number of nitrogens with zero attached hydrogens (tertiary/aromatic N) is 1. The van der Waals surface area contributed by atoms with Crippen LogP contribution in [0.4, 0.5) is 0 Å². The van der Waals surface area contributed by atoms with Gasteiger partial charge in [0.05, 0.1) is 12.2 Å². The molecule has 0 aliphatic rings. The van der Waals surface area contributed by atoms with Gasteiger partial charge in [-0.1, -0.05) is 0 Å². The topological polar surface area (TPSA) is 106 Å². The van der Waals surface area contributed by atoms with Crippen LogP contribution in [-0.2, 0) is 14.3 Å². The highest BCUT2D eigenvalue weighted by molar-refractivity contribution is 7.99. The molecule has 0 radical (unpaired) electrons. The summed E-state index contributed by atoms with van der Waals surface area (Å²) in [5.41, 5.74) is 0.274. The Hall–Kier alpha value is -2.09. The van der Waals surface area contributed by atoms with Gasteiger partial charge in [0.1, 0.15) is 11.1 Å². The minimum atomic E-state index is -1.15. The molecule has 1 unspecified atom stereocenters. The molecule has 1 heterocycles. The van der Waals surface area contributed by atoms with Crippen LogP contribution in [0, 0.1) is 0 Å². The van der Waals surface area contributed by atoms with E-state index in [1.807, 2.05) is 0 Å². The number of esters is 1. The molecule has 0 saturated carbocycles. The zero-order chi connectivity index (χ0) is 15.8. The van der Waals surface area contributed by atoms with E-state index in [1.54, 1.807) is 19.1 Å². The van der Waals surface area contributed by atoms with Gasteiger partial charge in [0.2, 0.25) is 5.91 Å². The van der Waals surface area contributed by atoms with Gasteiger partial charge in [-0.2, -0.15) is 0 Å². The number of pyridine rings is 1. The van der Waals surface area contributed by atoms with Crippen LogP contribution in [0.15, 0.2) is 23.4 Å². The Kier molecular flexibility index (Phi) is 6.67. The highest BCUT2D eigenvalue weighted by Crippen LogP contribution is 2.21. The number of carboxylic acid groups (broad SMARTS) is 1. The van der Waals surface area contributed by atoms with Crippen molar-refractivity contribution in [2.45, 2.75) is 24.9 Å². The highest BCUT2D eigenvalue weighted by atomic mass is 32.2. The van der Waals surface area contributed by atoms with E-state index >= 15 is 0 Å². The number of carbonyl (C=O) groups excluding carboxylic acids is 2. The maximum atomic E-state index is 11.8. The maximum Gasteiger partial charge on any atom is 0.340 e. The first-order chi connectivity index (χ1) is 9.95. The largest absolute Gasteiger partial charge is 0.480 e. The average Bonchev–Trinajstić information content (AvgIpc) is 2.43. The lowest BCUT2D eigenvalue weighted by Crippen LogP contribution is -2.41. The molecule has 1 rings (SSSR count). The molecule has 0 aliphatic carbocycles. The lowest BCUT2D eigenvalue weighted by atomic mass is 10.3. The fourth-order valence-corrected chi connectivity index (χ4v) is 2.45. The predicted molar refractivity (Wildman–Crippen MR) is 76.2 cm³/mol. The fraction of sp³-hybridized carbons (Fsp3) is 0.385. The first-order valence-electron chi connectivity index (χ1n) is 6.20. The summed E-state index contributed by atoms with van der Waals surface area (Å²) in [5.74, 6) is -2.04. The van der Waals surface area contributed by atoms with Crippen molar-refractivity contribution in [1.29, 1.82) is 0 Å². The third-order valence-corrected chi connectivity index (χ3v) is 3.43. The van der Waals surface area contributed by atoms with Crippen molar-refractivity contribution in [3.63, 3.8) is 0 Å². The highest BCUT2D eigenvalue weighted by Gasteiger charge is 2.21. The molecule has 1 aromatic heterocycles. The fourth-order valence-electron chi connectivity index (χ4n) is 1.45. The number of thioether (sulfide) groups is 1. The van der Waals surface area contributed by atoms with E-state index in [2.05, 4.69) is 10.3 Å². The molecular weight excluding hydrogens is 296 g/mol. The number of hydrogen-bond donors (Lipinski definition) is 2. The van der Waals surface area contributed by atoms with E-state index < -0.39 is 23.9 Å². The number of aromatic nitrogens is 1. The molecule has 1 atom stereocenters. The summed E-state index contributed by atoms with van der Waals surface area (Å²) < 4.78 is 4.91. The molecular formula is C13H16N2O5S. The van der Waals surface area contributed by atoms with Crippen molar-refractivity contribution in [2.24, 2.45) is 0 Å². The van der Waals surface area contributed by atoms with E-state index in [9.17, 15) is 14.4 Å². The predicted octanol–water partition coefficient (Wildman–Crippen LogP) is 0.940. The molecule has 8 heteroatoms. The SMILES string of the molecule is CCOC(=O)c1cccnc1SCC(NC(C)=O)C(=O)O. The summed E-state index contributed by atoms with van der Waals surface area (Å²) in [4.78, 5) is 37.8. The van der Waals surface area contributed by atoms with Gasteiger partial charge >= 0.3 is 11.9 Å². The van der Waals surface area contributed by atoms with E-state index in [0.29, 0.717) is 5.03 Å². The number of ether oxygens (including phenoxy) is 1. The number of aliphatic carboxylic acids is 1. The summed E-state index contributed by atoms with van der Waals surface area (Å²) in [6.45, 7) is 3.17. The van der Waals surface area contributed by atoms with Gasteiger partial charge in [0, 0.05) is 18.9 Å². The quantitative estimate of drug-likeness (QED) is 0.570. The van der Waals surface area contributed by atoms with Crippen molar-refractivity contribution < 1.29 is 24.2 Å². The van der Waals surface area contributed by atoms with E-state index in [0.717, 1.165) is 11.8 Å². The maximum absolute atomic E-state index is 11.8. The van der Waals surface area contributed by atoms with Crippen LogP contribution in [0.1, 0.15) is 24.2 Å². The molecule has 0 saturated heterocycles. The molecule has 114 valence electrons. The van der Waals surface area contributed by atoms with Crippen LogP contribution in [0.2, 0.25) is 0 Å². The lowest BCUT2D eigenvalue weighted by Gasteiger charge is -2.13. The standard InChI is InChI=1S/C13H16N2O5S/c1-3-20-13(19)9-5-4-6-14-11(9)21-7-10(12(17)18)15-8(2)16/h4-6,10H,3,7H2,1-2H3,(H,15,16)(H,17,18). The number of nitrogens with one attached hydrogen (secondary N) is 1. The summed E-state index contributed by atoms with van der Waals surface area (Å²) >= 11 is 1.07. The summed E-state index contributed by atoms with van der Waals surface area (Å²) in [6, 6.07) is 2.10. The second-order valence-electron chi connectivity index (χ2n) is 3.98. The van der Waals surface area contributed by atoms with E-state index in [1.165, 1.54) is 13.1 Å². The molecule has 7 nitrogen and oxygen atoms in total. The average molecular weight is 312 g/mol. The zero-order valence-corrected chi connectivity index (χ0v) is 12.5. The van der Waals surface area contributed by atoms with Crippen LogP contribution in [0.3, 0.4) is 0 Å². The molecule has 21 heavy (non-hydrogen) atoms. The summed E-state index contributed by atoms with van der Waals surface area (Å²) in [7, 11) is 0. The lowest BCUT2D eigenvalue weighted by molar-refractivity contribution is -0.140. The molecule has 1 aromatic rings. The third-order valence-electron chi connectivity index (χ3n) is 2.33. The Morgan fingerprint density at radius 2 is 2.19 bits per heavy atom. The van der Waals surface area contributed by atoms with Crippen LogP contribution >= 0.6 is 11.8 Å². The Morgan fingerprint density at radius 1 is 1.48 bits per heavy atom. The van der Waals surface area contributed by atoms with Crippen molar-refractivity contribution >= 4 is 29.6 Å². The molecule has 0 aliphatic heterocycles. The van der Waals surface area contributed by atoms with Crippen LogP contribution in [-0.4, -0.2) is 46.3 Å². The molecule has 0 aromatic carbocycles. The number of rotatable bonds is 7. The Balaban J connectivity index is 2.80. The van der Waals surface area contributed by atoms with Gasteiger partial charge in [0.25, 0.3) is 0 Å². The van der Waals surface area contributed by atoms with Crippen molar-refractivity contribution in [3.8, 4) is 0 Å². The Morgan fingerprint density at radius 3 is 2.76 bits per heavy atom. The van der Waals surface area contributed by atoms with Crippen LogP contribution < -0.4 is 5.32 Å². The smallest absolute Gasteiger partial charge is 0.340 e. The first-order valence-corrected chi connectivity index (χ1v) is 7.19.